The number of sulfonamides is 1. The molecular weight excluding hydrogens is 358 g/mol. The third kappa shape index (κ3) is 5.93. The van der Waals surface area contributed by atoms with E-state index in [0.29, 0.717) is 12.1 Å². The molecule has 0 saturated carbocycles. The van der Waals surface area contributed by atoms with Crippen LogP contribution in [-0.4, -0.2) is 33.5 Å². The smallest absolute Gasteiger partial charge is 0.251 e. The van der Waals surface area contributed by atoms with Gasteiger partial charge in [0.05, 0.1) is 4.90 Å². The Kier molecular flexibility index (Phi) is 7.12. The number of thiophene rings is 1. The van der Waals surface area contributed by atoms with Crippen LogP contribution in [0.4, 0.5) is 0 Å². The van der Waals surface area contributed by atoms with Crippen molar-refractivity contribution in [3.05, 3.63) is 52.2 Å². The van der Waals surface area contributed by atoms with E-state index in [1.165, 1.54) is 35.6 Å². The number of nitrogens with one attached hydrogen (secondary N) is 3. The van der Waals surface area contributed by atoms with Crippen molar-refractivity contribution in [1.29, 1.82) is 0 Å². The minimum atomic E-state index is -3.60. The number of likely N-dealkylation sites (N-methyl/N-ethyl adjacent to an activating group) is 1. The van der Waals surface area contributed by atoms with Crippen molar-refractivity contribution >= 4 is 27.3 Å². The van der Waals surface area contributed by atoms with E-state index in [9.17, 15) is 13.2 Å². The summed E-state index contributed by atoms with van der Waals surface area (Å²) in [6, 6.07) is 9.85. The van der Waals surface area contributed by atoms with Crippen molar-refractivity contribution in [1.82, 2.24) is 15.4 Å². The minimum Gasteiger partial charge on any atom is -0.350 e. The molecule has 1 heterocycles. The van der Waals surface area contributed by atoms with Gasteiger partial charge in [-0.05, 0) is 49.2 Å². The van der Waals surface area contributed by atoms with Gasteiger partial charge in [-0.3, -0.25) is 4.79 Å². The van der Waals surface area contributed by atoms with Gasteiger partial charge in [0.1, 0.15) is 0 Å². The van der Waals surface area contributed by atoms with E-state index in [1.54, 1.807) is 0 Å². The maximum atomic E-state index is 12.3. The Morgan fingerprint density at radius 1 is 1.20 bits per heavy atom. The zero-order chi connectivity index (χ0) is 18.3. The maximum absolute atomic E-state index is 12.3. The van der Waals surface area contributed by atoms with Crippen molar-refractivity contribution in [2.24, 2.45) is 0 Å². The molecule has 0 aliphatic heterocycles. The molecule has 2 aromatic rings. The van der Waals surface area contributed by atoms with Crippen LogP contribution in [0.25, 0.3) is 0 Å². The van der Waals surface area contributed by atoms with Crippen molar-refractivity contribution < 1.29 is 13.2 Å². The molecule has 1 amide bonds. The fourth-order valence-corrected chi connectivity index (χ4v) is 3.96. The van der Waals surface area contributed by atoms with E-state index in [-0.39, 0.29) is 23.4 Å². The van der Waals surface area contributed by atoms with Crippen LogP contribution in [0.2, 0.25) is 0 Å². The van der Waals surface area contributed by atoms with Gasteiger partial charge in [-0.2, -0.15) is 0 Å². The zero-order valence-electron chi connectivity index (χ0n) is 14.3. The molecule has 2 rings (SSSR count). The summed E-state index contributed by atoms with van der Waals surface area (Å²) in [6.07, 6.45) is 0. The molecule has 3 N–H and O–H groups in total. The largest absolute Gasteiger partial charge is 0.350 e. The highest BCUT2D eigenvalue weighted by Gasteiger charge is 2.15. The molecule has 0 radical (unpaired) electrons. The number of carbonyl (C=O) groups excluding carboxylic acids is 1. The molecule has 8 heteroatoms. The number of amides is 1. The summed E-state index contributed by atoms with van der Waals surface area (Å²) in [5.74, 6) is -0.222. The first kappa shape index (κ1) is 19.6. The van der Waals surface area contributed by atoms with Gasteiger partial charge < -0.3 is 10.6 Å². The standard InChI is InChI=1S/C17H23N3O3S2/c1-3-18-13(2)11-19-17(21)14-6-8-16(9-7-14)25(22,23)20-12-15-5-4-10-24-15/h4-10,13,18,20H,3,11-12H2,1-2H3,(H,19,21)/t13-/m1/s1. The lowest BCUT2D eigenvalue weighted by Gasteiger charge is -2.13. The summed E-state index contributed by atoms with van der Waals surface area (Å²) in [4.78, 5) is 13.2. The van der Waals surface area contributed by atoms with Crippen LogP contribution in [0.3, 0.4) is 0 Å². The Labute approximate surface area is 152 Å². The average Bonchev–Trinajstić information content (AvgIpc) is 3.12. The first-order chi connectivity index (χ1) is 11.9. The van der Waals surface area contributed by atoms with Crippen LogP contribution in [0.5, 0.6) is 0 Å². The first-order valence-electron chi connectivity index (χ1n) is 8.06. The SMILES string of the molecule is CCN[C@H](C)CNC(=O)c1ccc(S(=O)(=O)NCc2cccs2)cc1. The lowest BCUT2D eigenvalue weighted by atomic mass is 10.2. The summed E-state index contributed by atoms with van der Waals surface area (Å²) < 4.78 is 27.1. The molecule has 1 aromatic heterocycles. The number of hydrogen-bond acceptors (Lipinski definition) is 5. The number of rotatable bonds is 9. The van der Waals surface area contributed by atoms with Gasteiger partial charge >= 0.3 is 0 Å². The molecular formula is C17H23N3O3S2. The van der Waals surface area contributed by atoms with E-state index in [2.05, 4.69) is 15.4 Å². The van der Waals surface area contributed by atoms with Crippen LogP contribution in [0.1, 0.15) is 29.1 Å². The zero-order valence-corrected chi connectivity index (χ0v) is 15.9. The topological polar surface area (TPSA) is 87.3 Å². The Bertz CT molecular complexity index is 772. The van der Waals surface area contributed by atoms with E-state index in [4.69, 9.17) is 0 Å². The van der Waals surface area contributed by atoms with Crippen LogP contribution >= 0.6 is 11.3 Å². The van der Waals surface area contributed by atoms with Gasteiger partial charge in [-0.15, -0.1) is 11.3 Å². The molecule has 1 atom stereocenters. The van der Waals surface area contributed by atoms with Crippen molar-refractivity contribution in [3.8, 4) is 0 Å². The summed E-state index contributed by atoms with van der Waals surface area (Å²) in [7, 11) is -3.60. The van der Waals surface area contributed by atoms with Gasteiger partial charge in [-0.1, -0.05) is 13.0 Å². The second-order valence-electron chi connectivity index (χ2n) is 5.60. The quantitative estimate of drug-likeness (QED) is 0.620. The van der Waals surface area contributed by atoms with Gasteiger partial charge in [0, 0.05) is 29.6 Å². The van der Waals surface area contributed by atoms with E-state index >= 15 is 0 Å². The van der Waals surface area contributed by atoms with Crippen LogP contribution < -0.4 is 15.4 Å². The molecule has 0 aliphatic carbocycles. The molecule has 0 unspecified atom stereocenters. The predicted octanol–water partition coefficient (Wildman–Crippen LogP) is 1.95. The lowest BCUT2D eigenvalue weighted by Crippen LogP contribution is -2.38. The second-order valence-corrected chi connectivity index (χ2v) is 8.40. The van der Waals surface area contributed by atoms with Crippen LogP contribution in [0, 0.1) is 0 Å². The molecule has 0 fully saturated rings. The summed E-state index contributed by atoms with van der Waals surface area (Å²) in [5, 5.41) is 7.92. The Morgan fingerprint density at radius 3 is 2.52 bits per heavy atom. The molecule has 6 nitrogen and oxygen atoms in total. The molecule has 0 saturated heterocycles. The highest BCUT2D eigenvalue weighted by atomic mass is 32.2. The van der Waals surface area contributed by atoms with Gasteiger partial charge in [-0.25, -0.2) is 13.1 Å². The van der Waals surface area contributed by atoms with E-state index in [1.807, 2.05) is 31.4 Å². The molecule has 0 aliphatic rings. The van der Waals surface area contributed by atoms with Crippen molar-refractivity contribution in [2.75, 3.05) is 13.1 Å². The maximum Gasteiger partial charge on any atom is 0.251 e. The number of carbonyl (C=O) groups is 1. The third-order valence-corrected chi connectivity index (χ3v) is 5.86. The van der Waals surface area contributed by atoms with E-state index in [0.717, 1.165) is 11.4 Å². The Hall–Kier alpha value is -1.74. The molecule has 0 bridgehead atoms. The Balaban J connectivity index is 1.95. The second kappa shape index (κ2) is 9.10. The summed E-state index contributed by atoms with van der Waals surface area (Å²) in [5.41, 5.74) is 0.431. The minimum absolute atomic E-state index is 0.140. The highest BCUT2D eigenvalue weighted by Crippen LogP contribution is 2.13. The van der Waals surface area contributed by atoms with E-state index < -0.39 is 10.0 Å². The predicted molar refractivity (Wildman–Crippen MR) is 100 cm³/mol. The molecule has 1 aromatic carbocycles. The number of hydrogen-bond donors (Lipinski definition) is 3. The Morgan fingerprint density at radius 2 is 1.92 bits per heavy atom. The van der Waals surface area contributed by atoms with Crippen LogP contribution in [0.15, 0.2) is 46.7 Å². The molecule has 0 spiro atoms. The molecule has 25 heavy (non-hydrogen) atoms. The monoisotopic (exact) mass is 381 g/mol. The first-order valence-corrected chi connectivity index (χ1v) is 10.4. The summed E-state index contributed by atoms with van der Waals surface area (Å²) >= 11 is 1.49. The average molecular weight is 382 g/mol. The highest BCUT2D eigenvalue weighted by molar-refractivity contribution is 7.89. The van der Waals surface area contributed by atoms with Crippen LogP contribution in [-0.2, 0) is 16.6 Å². The molecule has 136 valence electrons. The normalized spacial score (nSPS) is 12.7. The number of benzene rings is 1. The lowest BCUT2D eigenvalue weighted by molar-refractivity contribution is 0.0950. The van der Waals surface area contributed by atoms with Gasteiger partial charge in [0.2, 0.25) is 10.0 Å². The van der Waals surface area contributed by atoms with Gasteiger partial charge in [0.15, 0.2) is 0 Å². The summed E-state index contributed by atoms with van der Waals surface area (Å²) in [6.45, 7) is 5.59. The van der Waals surface area contributed by atoms with Crippen molar-refractivity contribution in [3.63, 3.8) is 0 Å². The third-order valence-electron chi connectivity index (χ3n) is 3.56. The fraction of sp³-hybridized carbons (Fsp3) is 0.353. The fourth-order valence-electron chi connectivity index (χ4n) is 2.22. The van der Waals surface area contributed by atoms with Crippen molar-refractivity contribution in [2.45, 2.75) is 31.3 Å². The van der Waals surface area contributed by atoms with Gasteiger partial charge in [0.25, 0.3) is 5.91 Å².